The Bertz CT molecular complexity index is 629. The molecule has 0 bridgehead atoms. The minimum absolute atomic E-state index is 0.0581. The maximum Gasteiger partial charge on any atom is 0.288 e. The van der Waals surface area contributed by atoms with Crippen molar-refractivity contribution in [3.63, 3.8) is 0 Å². The summed E-state index contributed by atoms with van der Waals surface area (Å²) in [4.78, 5) is 10.2. The Labute approximate surface area is 123 Å². The monoisotopic (exact) mass is 341 g/mol. The van der Waals surface area contributed by atoms with Crippen LogP contribution in [-0.4, -0.2) is 4.92 Å². The number of nitrogens with zero attached hydrogens (tertiary/aromatic N) is 1. The van der Waals surface area contributed by atoms with Gasteiger partial charge in [-0.15, -0.1) is 0 Å². The molecule has 0 N–H and O–H groups in total. The molecule has 2 rings (SSSR count). The summed E-state index contributed by atoms with van der Waals surface area (Å²) >= 11 is 9.19. The average Bonchev–Trinajstić information content (AvgIpc) is 2.35. The minimum Gasteiger partial charge on any atom is -0.457 e. The zero-order valence-corrected chi connectivity index (χ0v) is 12.2. The highest BCUT2D eigenvalue weighted by molar-refractivity contribution is 9.10. The number of aryl methyl sites for hydroxylation is 1. The van der Waals surface area contributed by atoms with E-state index in [1.165, 1.54) is 12.1 Å². The van der Waals surface area contributed by atoms with Crippen LogP contribution < -0.4 is 4.74 Å². The molecule has 0 aliphatic rings. The van der Waals surface area contributed by atoms with Gasteiger partial charge in [0.1, 0.15) is 16.5 Å². The highest BCUT2D eigenvalue weighted by atomic mass is 79.9. The van der Waals surface area contributed by atoms with Gasteiger partial charge in [-0.1, -0.05) is 27.5 Å². The zero-order chi connectivity index (χ0) is 14.0. The van der Waals surface area contributed by atoms with Crippen LogP contribution in [0.4, 0.5) is 5.69 Å². The zero-order valence-electron chi connectivity index (χ0n) is 9.89. The molecule has 19 heavy (non-hydrogen) atoms. The van der Waals surface area contributed by atoms with Crippen LogP contribution in [0.2, 0.25) is 5.02 Å². The summed E-state index contributed by atoms with van der Waals surface area (Å²) in [7, 11) is 0. The third kappa shape index (κ3) is 3.24. The van der Waals surface area contributed by atoms with Crippen molar-refractivity contribution in [1.29, 1.82) is 0 Å². The summed E-state index contributed by atoms with van der Waals surface area (Å²) in [5.74, 6) is 1.13. The number of rotatable bonds is 3. The molecule has 4 nitrogen and oxygen atoms in total. The van der Waals surface area contributed by atoms with Crippen LogP contribution in [0.25, 0.3) is 0 Å². The van der Waals surface area contributed by atoms with Crippen molar-refractivity contribution in [1.82, 2.24) is 0 Å². The quantitative estimate of drug-likeness (QED) is 0.575. The number of halogens is 2. The fourth-order valence-electron chi connectivity index (χ4n) is 1.53. The molecule has 6 heteroatoms. The topological polar surface area (TPSA) is 52.4 Å². The largest absolute Gasteiger partial charge is 0.457 e. The maximum absolute atomic E-state index is 10.8. The van der Waals surface area contributed by atoms with E-state index in [-0.39, 0.29) is 10.7 Å². The van der Waals surface area contributed by atoms with Gasteiger partial charge in [0.05, 0.1) is 4.92 Å². The molecule has 0 amide bonds. The van der Waals surface area contributed by atoms with Crippen molar-refractivity contribution in [3.05, 3.63) is 61.6 Å². The van der Waals surface area contributed by atoms with E-state index in [9.17, 15) is 10.1 Å². The number of nitro benzene ring substituents is 1. The molecular weight excluding hydrogens is 334 g/mol. The molecule has 0 saturated carbocycles. The van der Waals surface area contributed by atoms with E-state index in [0.29, 0.717) is 17.1 Å². The van der Waals surface area contributed by atoms with Crippen LogP contribution in [0.5, 0.6) is 11.5 Å². The van der Waals surface area contributed by atoms with Gasteiger partial charge in [-0.2, -0.15) is 0 Å². The third-order valence-corrected chi connectivity index (χ3v) is 3.31. The summed E-state index contributed by atoms with van der Waals surface area (Å²) in [5.41, 5.74) is 0.529. The lowest BCUT2D eigenvalue weighted by Gasteiger charge is -2.09. The average molecular weight is 343 g/mol. The molecular formula is C13H9BrClNO3. The standard InChI is InChI=1S/C13H9BrClNO3/c1-8-6-12(16(17)18)11(15)7-13(8)19-10-4-2-9(14)3-5-10/h2-7H,1H3. The third-order valence-electron chi connectivity index (χ3n) is 2.48. The van der Waals surface area contributed by atoms with E-state index >= 15 is 0 Å². The minimum atomic E-state index is -0.515. The van der Waals surface area contributed by atoms with Gasteiger partial charge >= 0.3 is 0 Å². The Balaban J connectivity index is 2.33. The smallest absolute Gasteiger partial charge is 0.288 e. The van der Waals surface area contributed by atoms with Crippen molar-refractivity contribution in [2.45, 2.75) is 6.92 Å². The molecule has 0 radical (unpaired) electrons. The SMILES string of the molecule is Cc1cc([N+](=O)[O-])c(Cl)cc1Oc1ccc(Br)cc1. The molecule has 0 unspecified atom stereocenters. The second kappa shape index (κ2) is 5.59. The summed E-state index contributed by atoms with van der Waals surface area (Å²) in [6.45, 7) is 1.73. The molecule has 0 heterocycles. The Hall–Kier alpha value is -1.59. The van der Waals surface area contributed by atoms with Crippen LogP contribution in [0.15, 0.2) is 40.9 Å². The van der Waals surface area contributed by atoms with Gasteiger partial charge in [0, 0.05) is 16.6 Å². The summed E-state index contributed by atoms with van der Waals surface area (Å²) < 4.78 is 6.59. The van der Waals surface area contributed by atoms with Gasteiger partial charge in [-0.05, 0) is 36.8 Å². The summed E-state index contributed by atoms with van der Waals surface area (Å²) in [5, 5.41) is 10.8. The molecule has 0 aliphatic carbocycles. The van der Waals surface area contributed by atoms with Crippen LogP contribution in [-0.2, 0) is 0 Å². The van der Waals surface area contributed by atoms with Crippen LogP contribution in [0.3, 0.4) is 0 Å². The molecule has 98 valence electrons. The lowest BCUT2D eigenvalue weighted by atomic mass is 10.2. The van der Waals surface area contributed by atoms with Crippen molar-refractivity contribution >= 4 is 33.2 Å². The molecule has 0 spiro atoms. The molecule has 0 aliphatic heterocycles. The molecule has 2 aromatic carbocycles. The fourth-order valence-corrected chi connectivity index (χ4v) is 2.01. The number of hydrogen-bond acceptors (Lipinski definition) is 3. The molecule has 2 aromatic rings. The van der Waals surface area contributed by atoms with E-state index in [1.807, 2.05) is 12.1 Å². The Morgan fingerprint density at radius 3 is 2.47 bits per heavy atom. The van der Waals surface area contributed by atoms with Gasteiger partial charge < -0.3 is 4.74 Å². The van der Waals surface area contributed by atoms with Gasteiger partial charge in [0.25, 0.3) is 5.69 Å². The van der Waals surface area contributed by atoms with Gasteiger partial charge in [-0.25, -0.2) is 0 Å². The lowest BCUT2D eigenvalue weighted by Crippen LogP contribution is -1.93. The molecule has 0 atom stereocenters. The Morgan fingerprint density at radius 1 is 1.26 bits per heavy atom. The van der Waals surface area contributed by atoms with E-state index in [1.54, 1.807) is 19.1 Å². The van der Waals surface area contributed by atoms with E-state index < -0.39 is 4.92 Å². The first-order chi connectivity index (χ1) is 8.97. The first kappa shape index (κ1) is 13.8. The molecule has 0 saturated heterocycles. The van der Waals surface area contributed by atoms with Crippen molar-refractivity contribution in [2.75, 3.05) is 0 Å². The lowest BCUT2D eigenvalue weighted by molar-refractivity contribution is -0.384. The summed E-state index contributed by atoms with van der Waals surface area (Å²) in [6.07, 6.45) is 0. The number of nitro groups is 1. The van der Waals surface area contributed by atoms with E-state index in [0.717, 1.165) is 4.47 Å². The number of benzene rings is 2. The normalized spacial score (nSPS) is 10.3. The fraction of sp³-hybridized carbons (Fsp3) is 0.0769. The van der Waals surface area contributed by atoms with Crippen LogP contribution >= 0.6 is 27.5 Å². The Morgan fingerprint density at radius 2 is 1.89 bits per heavy atom. The van der Waals surface area contributed by atoms with E-state index in [2.05, 4.69) is 15.9 Å². The van der Waals surface area contributed by atoms with Crippen molar-refractivity contribution < 1.29 is 9.66 Å². The Kier molecular flexibility index (Phi) is 4.07. The first-order valence-corrected chi connectivity index (χ1v) is 6.52. The van der Waals surface area contributed by atoms with Crippen molar-refractivity contribution in [2.24, 2.45) is 0 Å². The van der Waals surface area contributed by atoms with Gasteiger partial charge in [0.2, 0.25) is 0 Å². The maximum atomic E-state index is 10.8. The highest BCUT2D eigenvalue weighted by Crippen LogP contribution is 2.34. The first-order valence-electron chi connectivity index (χ1n) is 5.35. The van der Waals surface area contributed by atoms with Gasteiger partial charge in [0.15, 0.2) is 0 Å². The van der Waals surface area contributed by atoms with Crippen LogP contribution in [0.1, 0.15) is 5.56 Å². The predicted octanol–water partition coefficient (Wildman–Crippen LogP) is 5.11. The molecule has 0 fully saturated rings. The number of ether oxygens (including phenoxy) is 1. The second-order valence-electron chi connectivity index (χ2n) is 3.88. The molecule has 0 aromatic heterocycles. The van der Waals surface area contributed by atoms with Crippen molar-refractivity contribution in [3.8, 4) is 11.5 Å². The van der Waals surface area contributed by atoms with E-state index in [4.69, 9.17) is 16.3 Å². The second-order valence-corrected chi connectivity index (χ2v) is 5.21. The predicted molar refractivity (Wildman–Crippen MR) is 77.1 cm³/mol. The van der Waals surface area contributed by atoms with Gasteiger partial charge in [-0.3, -0.25) is 10.1 Å². The number of hydrogen-bond donors (Lipinski definition) is 0. The van der Waals surface area contributed by atoms with Crippen LogP contribution in [0, 0.1) is 17.0 Å². The highest BCUT2D eigenvalue weighted by Gasteiger charge is 2.16. The summed E-state index contributed by atoms with van der Waals surface area (Å²) in [6, 6.07) is 10.1.